The van der Waals surface area contributed by atoms with Gasteiger partial charge in [0.15, 0.2) is 0 Å². The number of anilines is 1. The van der Waals surface area contributed by atoms with E-state index in [-0.39, 0.29) is 22.4 Å². The van der Waals surface area contributed by atoms with E-state index < -0.39 is 29.8 Å². The Labute approximate surface area is 212 Å². The smallest absolute Gasteiger partial charge is 0.507 e. The molecule has 1 fully saturated rings. The molecule has 1 amide bonds. The number of aliphatic hydroxyl groups is 1. The molecule has 1 aromatic heterocycles. The zero-order valence-electron chi connectivity index (χ0n) is 20.6. The van der Waals surface area contributed by atoms with Crippen LogP contribution in [0.25, 0.3) is 5.76 Å². The van der Waals surface area contributed by atoms with Crippen LogP contribution in [-0.2, 0) is 15.0 Å². The van der Waals surface area contributed by atoms with Crippen LogP contribution in [0, 0.1) is 6.92 Å². The summed E-state index contributed by atoms with van der Waals surface area (Å²) in [7, 11) is 0. The van der Waals surface area contributed by atoms with Gasteiger partial charge in [0.25, 0.3) is 11.7 Å². The number of carbonyl (C=O) groups excluding carboxylic acids is 2. The van der Waals surface area contributed by atoms with Crippen molar-refractivity contribution < 1.29 is 32.6 Å². The maximum atomic E-state index is 13.4. The lowest BCUT2D eigenvalue weighted by atomic mass is 9.84. The number of pyridine rings is 1. The number of ether oxygens (including phenoxy) is 1. The molecule has 0 radical (unpaired) electrons. The molecule has 6 nitrogen and oxygen atoms in total. The molecule has 1 aliphatic heterocycles. The predicted octanol–water partition coefficient (Wildman–Crippen LogP) is 6.21. The monoisotopic (exact) mass is 510 g/mol. The second-order valence-electron chi connectivity index (χ2n) is 9.78. The van der Waals surface area contributed by atoms with Crippen LogP contribution in [0.1, 0.15) is 49.1 Å². The first-order valence-electron chi connectivity index (χ1n) is 11.5. The Kier molecular flexibility index (Phi) is 6.58. The lowest BCUT2D eigenvalue weighted by Crippen LogP contribution is -2.29. The number of benzene rings is 2. The third-order valence-corrected chi connectivity index (χ3v) is 6.13. The fourth-order valence-electron chi connectivity index (χ4n) is 4.27. The molecule has 2 heterocycles. The van der Waals surface area contributed by atoms with Crippen molar-refractivity contribution in [2.45, 2.75) is 45.5 Å². The van der Waals surface area contributed by atoms with Crippen molar-refractivity contribution in [1.29, 1.82) is 0 Å². The van der Waals surface area contributed by atoms with Gasteiger partial charge in [-0.3, -0.25) is 19.5 Å². The lowest BCUT2D eigenvalue weighted by Gasteiger charge is -2.26. The first kappa shape index (κ1) is 25.9. The Morgan fingerprint density at radius 3 is 2.38 bits per heavy atom. The second-order valence-corrected chi connectivity index (χ2v) is 9.78. The van der Waals surface area contributed by atoms with Gasteiger partial charge in [0.1, 0.15) is 11.5 Å². The van der Waals surface area contributed by atoms with Crippen LogP contribution in [0.2, 0.25) is 0 Å². The molecule has 0 bridgehead atoms. The van der Waals surface area contributed by atoms with Crippen molar-refractivity contribution in [3.05, 3.63) is 94.8 Å². The number of aliphatic hydroxyl groups excluding tert-OH is 1. The summed E-state index contributed by atoms with van der Waals surface area (Å²) in [5.41, 5.74) is 1.93. The summed E-state index contributed by atoms with van der Waals surface area (Å²) in [4.78, 5) is 31.8. The van der Waals surface area contributed by atoms with Crippen molar-refractivity contribution >= 4 is 23.1 Å². The number of hydrogen-bond donors (Lipinski definition) is 1. The van der Waals surface area contributed by atoms with E-state index in [1.54, 1.807) is 25.1 Å². The quantitative estimate of drug-likeness (QED) is 0.256. The first-order chi connectivity index (χ1) is 17.3. The summed E-state index contributed by atoms with van der Waals surface area (Å²) in [5.74, 6) is -2.88. The molecule has 1 unspecified atom stereocenters. The number of aromatic nitrogens is 1. The Balaban J connectivity index is 1.93. The molecule has 2 aromatic carbocycles. The van der Waals surface area contributed by atoms with E-state index in [0.717, 1.165) is 22.6 Å². The summed E-state index contributed by atoms with van der Waals surface area (Å²) >= 11 is 0. The number of carbonyl (C=O) groups is 2. The summed E-state index contributed by atoms with van der Waals surface area (Å²) in [6.45, 7) is 7.79. The molecule has 37 heavy (non-hydrogen) atoms. The van der Waals surface area contributed by atoms with Gasteiger partial charge in [0.05, 0.1) is 11.6 Å². The van der Waals surface area contributed by atoms with Gasteiger partial charge in [-0.05, 0) is 53.3 Å². The van der Waals surface area contributed by atoms with Gasteiger partial charge in [-0.1, -0.05) is 45.0 Å². The molecule has 4 rings (SSSR count). The normalized spacial score (nSPS) is 17.8. The van der Waals surface area contributed by atoms with Gasteiger partial charge >= 0.3 is 6.36 Å². The van der Waals surface area contributed by atoms with Crippen LogP contribution in [0.5, 0.6) is 5.75 Å². The third kappa shape index (κ3) is 5.21. The van der Waals surface area contributed by atoms with E-state index in [4.69, 9.17) is 0 Å². The summed E-state index contributed by atoms with van der Waals surface area (Å²) in [5, 5.41) is 11.5. The van der Waals surface area contributed by atoms with Crippen LogP contribution >= 0.6 is 0 Å². The third-order valence-electron chi connectivity index (χ3n) is 6.13. The fourth-order valence-corrected chi connectivity index (χ4v) is 4.27. The highest BCUT2D eigenvalue weighted by atomic mass is 19.4. The van der Waals surface area contributed by atoms with Crippen LogP contribution < -0.4 is 9.64 Å². The minimum atomic E-state index is -4.94. The molecule has 1 N–H and O–H groups in total. The van der Waals surface area contributed by atoms with Gasteiger partial charge < -0.3 is 9.84 Å². The number of alkyl halides is 3. The number of Topliss-reactive ketones (excluding diaryl/α,β-unsaturated/α-hetero) is 1. The fraction of sp³-hybridized carbons (Fsp3) is 0.250. The SMILES string of the molecule is Cc1ccc(C(C)(C)C)cc1/C(O)=C1\C(=O)C(=O)N(c2cccc(OC(F)(F)F)c2)C1c1cccnc1. The number of hydrogen-bond acceptors (Lipinski definition) is 5. The number of nitrogens with zero attached hydrogens (tertiary/aromatic N) is 2. The molecule has 0 saturated carbocycles. The minimum absolute atomic E-state index is 0.00285. The number of ketones is 1. The molecule has 1 saturated heterocycles. The van der Waals surface area contributed by atoms with E-state index in [2.05, 4.69) is 9.72 Å². The summed E-state index contributed by atoms with van der Waals surface area (Å²) in [6, 6.07) is 12.4. The number of halogens is 3. The average Bonchev–Trinajstić information content (AvgIpc) is 3.08. The van der Waals surface area contributed by atoms with E-state index in [0.29, 0.717) is 16.7 Å². The Bertz CT molecular complexity index is 1390. The van der Waals surface area contributed by atoms with Gasteiger partial charge in [0.2, 0.25) is 0 Å². The zero-order valence-corrected chi connectivity index (χ0v) is 20.6. The van der Waals surface area contributed by atoms with E-state index >= 15 is 0 Å². The number of amides is 1. The van der Waals surface area contributed by atoms with Crippen molar-refractivity contribution in [1.82, 2.24) is 4.98 Å². The molecule has 192 valence electrons. The number of rotatable bonds is 4. The lowest BCUT2D eigenvalue weighted by molar-refractivity contribution is -0.274. The molecular weight excluding hydrogens is 485 g/mol. The van der Waals surface area contributed by atoms with Crippen molar-refractivity contribution in [2.75, 3.05) is 4.90 Å². The maximum absolute atomic E-state index is 13.4. The Morgan fingerprint density at radius 2 is 1.76 bits per heavy atom. The summed E-state index contributed by atoms with van der Waals surface area (Å²) in [6.07, 6.45) is -2.00. The van der Waals surface area contributed by atoms with E-state index in [9.17, 15) is 27.9 Å². The van der Waals surface area contributed by atoms with Gasteiger partial charge in [0, 0.05) is 29.7 Å². The van der Waals surface area contributed by atoms with Crippen LogP contribution in [0.15, 0.2) is 72.6 Å². The average molecular weight is 511 g/mol. The van der Waals surface area contributed by atoms with Crippen molar-refractivity contribution in [2.24, 2.45) is 0 Å². The van der Waals surface area contributed by atoms with Crippen LogP contribution in [0.4, 0.5) is 18.9 Å². The molecule has 0 aliphatic carbocycles. The van der Waals surface area contributed by atoms with Crippen LogP contribution in [-0.4, -0.2) is 28.1 Å². The minimum Gasteiger partial charge on any atom is -0.507 e. The molecule has 3 aromatic rings. The van der Waals surface area contributed by atoms with Crippen molar-refractivity contribution in [3.8, 4) is 5.75 Å². The Hall–Kier alpha value is -4.14. The molecule has 9 heteroatoms. The van der Waals surface area contributed by atoms with Crippen LogP contribution in [0.3, 0.4) is 0 Å². The first-order valence-corrected chi connectivity index (χ1v) is 11.5. The van der Waals surface area contributed by atoms with E-state index in [1.165, 1.54) is 24.5 Å². The predicted molar refractivity (Wildman–Crippen MR) is 132 cm³/mol. The largest absolute Gasteiger partial charge is 0.573 e. The highest BCUT2D eigenvalue weighted by Crippen LogP contribution is 2.43. The van der Waals surface area contributed by atoms with Gasteiger partial charge in [-0.25, -0.2) is 0 Å². The van der Waals surface area contributed by atoms with Gasteiger partial charge in [-0.15, -0.1) is 13.2 Å². The van der Waals surface area contributed by atoms with Gasteiger partial charge in [-0.2, -0.15) is 0 Å². The highest BCUT2D eigenvalue weighted by Gasteiger charge is 2.47. The highest BCUT2D eigenvalue weighted by molar-refractivity contribution is 6.51. The van der Waals surface area contributed by atoms with Crippen molar-refractivity contribution in [3.63, 3.8) is 0 Å². The number of aryl methyl sites for hydroxylation is 1. The molecule has 1 atom stereocenters. The second kappa shape index (κ2) is 9.38. The Morgan fingerprint density at radius 1 is 1.03 bits per heavy atom. The van der Waals surface area contributed by atoms with E-state index in [1.807, 2.05) is 32.9 Å². The zero-order chi connectivity index (χ0) is 27.1. The topological polar surface area (TPSA) is 79.7 Å². The molecule has 0 spiro atoms. The summed E-state index contributed by atoms with van der Waals surface area (Å²) < 4.78 is 42.5. The standard InChI is InChI=1S/C28H25F3N2O4/c1-16-10-11-18(27(2,3)4)13-21(16)24(34)22-23(17-7-6-12-32-15-17)33(26(36)25(22)35)19-8-5-9-20(14-19)37-28(29,30)31/h5-15,23,34H,1-4H3/b24-22+. The molecule has 1 aliphatic rings. The maximum Gasteiger partial charge on any atom is 0.573 e. The molecular formula is C28H25F3N2O4.